The van der Waals surface area contributed by atoms with Gasteiger partial charge in [0.05, 0.1) is 25.8 Å². The van der Waals surface area contributed by atoms with Gasteiger partial charge in [-0.15, -0.1) is 35.3 Å². The molecule has 0 spiro atoms. The molecule has 2 heterocycles. The first-order chi connectivity index (χ1) is 13.7. The van der Waals surface area contributed by atoms with Crippen molar-refractivity contribution in [3.63, 3.8) is 0 Å². The maximum Gasteiger partial charge on any atom is 0.191 e. The Bertz CT molecular complexity index is 782. The number of nitrogens with one attached hydrogen (secondary N) is 2. The van der Waals surface area contributed by atoms with E-state index in [1.165, 1.54) is 10.4 Å². The monoisotopic (exact) mass is 549 g/mol. The van der Waals surface area contributed by atoms with Crippen LogP contribution < -0.4 is 10.6 Å². The zero-order valence-electron chi connectivity index (χ0n) is 16.9. The van der Waals surface area contributed by atoms with Crippen molar-refractivity contribution >= 4 is 52.9 Å². The van der Waals surface area contributed by atoms with Crippen LogP contribution in [0.25, 0.3) is 0 Å². The van der Waals surface area contributed by atoms with Gasteiger partial charge < -0.3 is 15.4 Å². The molecule has 0 radical (unpaired) electrons. The third-order valence-electron chi connectivity index (χ3n) is 4.76. The Kier molecular flexibility index (Phi) is 10.6. The zero-order chi connectivity index (χ0) is 19.8. The summed E-state index contributed by atoms with van der Waals surface area (Å²) >= 11 is 7.98. The number of thiazole rings is 1. The van der Waals surface area contributed by atoms with Gasteiger partial charge in [0.2, 0.25) is 0 Å². The largest absolute Gasteiger partial charge is 0.379 e. The van der Waals surface area contributed by atoms with E-state index in [-0.39, 0.29) is 30.0 Å². The molecule has 0 bridgehead atoms. The molecule has 2 aromatic rings. The summed E-state index contributed by atoms with van der Waals surface area (Å²) in [5.41, 5.74) is 1.20. The highest BCUT2D eigenvalue weighted by Crippen LogP contribution is 2.24. The number of morpholine rings is 1. The molecule has 0 aliphatic carbocycles. The molecule has 1 aliphatic rings. The van der Waals surface area contributed by atoms with Gasteiger partial charge in [0.1, 0.15) is 5.01 Å². The SMILES string of the molecule is CCc1cnc(CNC(=NC)NCC(c2cccc(Cl)c2)N2CCOCC2)s1.I. The standard InChI is InChI=1S/C20H28ClN5OS.HI/c1-3-17-12-23-19(28-17)14-25-20(22-2)24-13-18(26-7-9-27-10-8-26)15-5-4-6-16(21)11-15;/h4-6,11-12,18H,3,7-10,13-14H2,1-2H3,(H2,22,24,25);1H. The summed E-state index contributed by atoms with van der Waals surface area (Å²) in [5.74, 6) is 0.772. The highest BCUT2D eigenvalue weighted by atomic mass is 127. The number of aryl methyl sites for hydroxylation is 1. The van der Waals surface area contributed by atoms with Crippen molar-refractivity contribution in [1.82, 2.24) is 20.5 Å². The molecular weight excluding hydrogens is 521 g/mol. The van der Waals surface area contributed by atoms with Crippen LogP contribution in [0.4, 0.5) is 0 Å². The van der Waals surface area contributed by atoms with Crippen LogP contribution in [0.2, 0.25) is 5.02 Å². The minimum atomic E-state index is 0. The lowest BCUT2D eigenvalue weighted by Crippen LogP contribution is -2.46. The fourth-order valence-corrected chi connectivity index (χ4v) is 4.23. The number of aromatic nitrogens is 1. The molecule has 1 fully saturated rings. The van der Waals surface area contributed by atoms with Gasteiger partial charge in [-0.3, -0.25) is 9.89 Å². The lowest BCUT2D eigenvalue weighted by Gasteiger charge is -2.35. The summed E-state index contributed by atoms with van der Waals surface area (Å²) in [6.45, 7) is 6.88. The van der Waals surface area contributed by atoms with E-state index in [2.05, 4.69) is 38.5 Å². The van der Waals surface area contributed by atoms with Crippen LogP contribution in [0.3, 0.4) is 0 Å². The summed E-state index contributed by atoms with van der Waals surface area (Å²) in [4.78, 5) is 12.5. The quantitative estimate of drug-likeness (QED) is 0.313. The number of guanidine groups is 1. The maximum absolute atomic E-state index is 6.24. The number of nitrogens with zero attached hydrogens (tertiary/aromatic N) is 3. The number of ether oxygens (including phenoxy) is 1. The number of halogens is 2. The fraction of sp³-hybridized carbons (Fsp3) is 0.500. The van der Waals surface area contributed by atoms with Crippen LogP contribution in [0.1, 0.15) is 28.4 Å². The predicted octanol–water partition coefficient (Wildman–Crippen LogP) is 3.72. The summed E-state index contributed by atoms with van der Waals surface area (Å²) in [7, 11) is 1.79. The lowest BCUT2D eigenvalue weighted by atomic mass is 10.0. The first kappa shape index (κ1) is 24.3. The van der Waals surface area contributed by atoms with E-state index in [4.69, 9.17) is 16.3 Å². The summed E-state index contributed by atoms with van der Waals surface area (Å²) in [5, 5.41) is 8.65. The van der Waals surface area contributed by atoms with E-state index in [1.807, 2.05) is 24.4 Å². The molecule has 2 N–H and O–H groups in total. The first-order valence-corrected chi connectivity index (χ1v) is 10.8. The number of benzene rings is 1. The molecule has 1 aromatic carbocycles. The molecule has 9 heteroatoms. The Balaban J connectivity index is 0.00000300. The van der Waals surface area contributed by atoms with Crippen LogP contribution in [0.5, 0.6) is 0 Å². The smallest absolute Gasteiger partial charge is 0.191 e. The van der Waals surface area contributed by atoms with Crippen molar-refractivity contribution in [2.75, 3.05) is 39.9 Å². The molecule has 160 valence electrons. The molecular formula is C20H29ClIN5OS. The number of hydrogen-bond acceptors (Lipinski definition) is 5. The van der Waals surface area contributed by atoms with Gasteiger partial charge in [-0.25, -0.2) is 4.98 Å². The number of rotatable bonds is 7. The summed E-state index contributed by atoms with van der Waals surface area (Å²) in [6, 6.07) is 8.29. The zero-order valence-corrected chi connectivity index (χ0v) is 20.8. The Labute approximate surface area is 199 Å². The molecule has 1 aliphatic heterocycles. The second-order valence-corrected chi connectivity index (χ2v) is 8.24. The van der Waals surface area contributed by atoms with Crippen molar-refractivity contribution in [1.29, 1.82) is 0 Å². The molecule has 29 heavy (non-hydrogen) atoms. The minimum Gasteiger partial charge on any atom is -0.379 e. The second-order valence-electron chi connectivity index (χ2n) is 6.60. The topological polar surface area (TPSA) is 61.8 Å². The van der Waals surface area contributed by atoms with E-state index in [0.717, 1.165) is 55.3 Å². The molecule has 1 saturated heterocycles. The molecule has 3 rings (SSSR count). The van der Waals surface area contributed by atoms with Crippen molar-refractivity contribution in [2.45, 2.75) is 25.9 Å². The molecule has 1 unspecified atom stereocenters. The Hall–Kier alpha value is -0.940. The van der Waals surface area contributed by atoms with E-state index in [1.54, 1.807) is 18.4 Å². The first-order valence-electron chi connectivity index (χ1n) is 9.65. The van der Waals surface area contributed by atoms with Gasteiger partial charge in [-0.1, -0.05) is 30.7 Å². The van der Waals surface area contributed by atoms with Gasteiger partial charge in [-0.2, -0.15) is 0 Å². The van der Waals surface area contributed by atoms with Crippen LogP contribution in [0.15, 0.2) is 35.5 Å². The molecule has 6 nitrogen and oxygen atoms in total. The molecule has 1 atom stereocenters. The van der Waals surface area contributed by atoms with Crippen LogP contribution in [-0.2, 0) is 17.7 Å². The van der Waals surface area contributed by atoms with Crippen molar-refractivity contribution in [3.8, 4) is 0 Å². The highest BCUT2D eigenvalue weighted by Gasteiger charge is 2.23. The van der Waals surface area contributed by atoms with Crippen LogP contribution in [-0.4, -0.2) is 55.7 Å². The van der Waals surface area contributed by atoms with Crippen molar-refractivity contribution in [2.24, 2.45) is 4.99 Å². The highest BCUT2D eigenvalue weighted by molar-refractivity contribution is 14.0. The van der Waals surface area contributed by atoms with E-state index >= 15 is 0 Å². The van der Waals surface area contributed by atoms with E-state index in [9.17, 15) is 0 Å². The molecule has 0 amide bonds. The average Bonchev–Trinajstić information content (AvgIpc) is 3.19. The van der Waals surface area contributed by atoms with Crippen LogP contribution in [0, 0.1) is 0 Å². The predicted molar refractivity (Wildman–Crippen MR) is 132 cm³/mol. The van der Waals surface area contributed by atoms with Crippen molar-refractivity contribution in [3.05, 3.63) is 50.9 Å². The van der Waals surface area contributed by atoms with Crippen LogP contribution >= 0.6 is 46.9 Å². The third-order valence-corrected chi connectivity index (χ3v) is 6.14. The van der Waals surface area contributed by atoms with E-state index < -0.39 is 0 Å². The Morgan fingerprint density at radius 2 is 2.14 bits per heavy atom. The fourth-order valence-electron chi connectivity index (χ4n) is 3.23. The van der Waals surface area contributed by atoms with Gasteiger partial charge in [0.25, 0.3) is 0 Å². The van der Waals surface area contributed by atoms with Gasteiger partial charge in [-0.05, 0) is 24.1 Å². The third kappa shape index (κ3) is 7.36. The maximum atomic E-state index is 6.24. The normalized spacial score (nSPS) is 16.2. The van der Waals surface area contributed by atoms with Gasteiger partial charge in [0.15, 0.2) is 5.96 Å². The lowest BCUT2D eigenvalue weighted by molar-refractivity contribution is 0.0170. The van der Waals surface area contributed by atoms with Crippen molar-refractivity contribution < 1.29 is 4.74 Å². The number of aliphatic imine (C=N–C) groups is 1. The molecule has 1 aromatic heterocycles. The summed E-state index contributed by atoms with van der Waals surface area (Å²) < 4.78 is 5.52. The summed E-state index contributed by atoms with van der Waals surface area (Å²) in [6.07, 6.45) is 2.97. The number of hydrogen-bond donors (Lipinski definition) is 2. The second kappa shape index (κ2) is 12.7. The Morgan fingerprint density at radius 3 is 2.79 bits per heavy atom. The average molecular weight is 550 g/mol. The minimum absolute atomic E-state index is 0. The Morgan fingerprint density at radius 1 is 1.34 bits per heavy atom. The van der Waals surface area contributed by atoms with E-state index in [0.29, 0.717) is 6.54 Å². The van der Waals surface area contributed by atoms with Gasteiger partial charge >= 0.3 is 0 Å². The molecule has 0 saturated carbocycles. The van der Waals surface area contributed by atoms with Gasteiger partial charge in [0, 0.05) is 42.8 Å².